The highest BCUT2D eigenvalue weighted by Crippen LogP contribution is 2.27. The van der Waals surface area contributed by atoms with Gasteiger partial charge in [-0.2, -0.15) is 0 Å². The van der Waals surface area contributed by atoms with Crippen molar-refractivity contribution >= 4 is 24.0 Å². The molecule has 0 aromatic heterocycles. The van der Waals surface area contributed by atoms with Crippen molar-refractivity contribution in [2.24, 2.45) is 0 Å². The van der Waals surface area contributed by atoms with Crippen LogP contribution >= 0.6 is 11.8 Å². The van der Waals surface area contributed by atoms with E-state index in [1.807, 2.05) is 0 Å². The minimum absolute atomic E-state index is 0.191. The van der Waals surface area contributed by atoms with Gasteiger partial charge < -0.3 is 19.0 Å². The van der Waals surface area contributed by atoms with Gasteiger partial charge in [-0.15, -0.1) is 11.8 Å². The zero-order chi connectivity index (χ0) is 12.2. The van der Waals surface area contributed by atoms with Gasteiger partial charge in [0, 0.05) is 6.92 Å². The molecule has 1 rings (SSSR count). The van der Waals surface area contributed by atoms with Crippen molar-refractivity contribution in [3.63, 3.8) is 0 Å². The summed E-state index contributed by atoms with van der Waals surface area (Å²) < 4.78 is 15.6. The predicted molar refractivity (Wildman–Crippen MR) is 59.0 cm³/mol. The number of rotatable bonds is 5. The first-order valence-electron chi connectivity index (χ1n) is 4.97. The van der Waals surface area contributed by atoms with Crippen molar-refractivity contribution < 1.29 is 23.8 Å². The number of hydrogen-bond acceptors (Lipinski definition) is 6. The minimum Gasteiger partial charge on any atom is -0.435 e. The molecule has 0 aliphatic carbocycles. The number of carbonyl (C=O) groups excluding carboxylic acids is 2. The summed E-state index contributed by atoms with van der Waals surface area (Å²) in [6, 6.07) is 0. The standard InChI is InChI=1S/C10H16O5S/c1-7(12)14-8-5-16-9(15-8)4-13-10(2,3)6-11/h6,8-9H,4-5H2,1-3H3. The van der Waals surface area contributed by atoms with Gasteiger partial charge in [-0.1, -0.05) is 0 Å². The fourth-order valence-electron chi connectivity index (χ4n) is 1.08. The number of hydrogen-bond donors (Lipinski definition) is 0. The molecule has 1 heterocycles. The third kappa shape index (κ3) is 4.51. The van der Waals surface area contributed by atoms with E-state index in [2.05, 4.69) is 0 Å². The van der Waals surface area contributed by atoms with Crippen LogP contribution in [0.1, 0.15) is 20.8 Å². The maximum absolute atomic E-state index is 10.7. The summed E-state index contributed by atoms with van der Waals surface area (Å²) in [5.41, 5.74) is -0.993. The zero-order valence-electron chi connectivity index (χ0n) is 9.60. The summed E-state index contributed by atoms with van der Waals surface area (Å²) in [4.78, 5) is 21.3. The number of aldehydes is 1. The smallest absolute Gasteiger partial charge is 0.304 e. The number of ether oxygens (including phenoxy) is 3. The molecule has 0 radical (unpaired) electrons. The molecule has 92 valence electrons. The minimum atomic E-state index is -0.802. The average molecular weight is 248 g/mol. The van der Waals surface area contributed by atoms with Gasteiger partial charge in [-0.25, -0.2) is 0 Å². The third-order valence-corrected chi connectivity index (χ3v) is 2.98. The molecule has 0 aromatic carbocycles. The molecule has 16 heavy (non-hydrogen) atoms. The Hall–Kier alpha value is -0.590. The van der Waals surface area contributed by atoms with E-state index >= 15 is 0 Å². The van der Waals surface area contributed by atoms with Crippen LogP contribution in [-0.4, -0.2) is 41.9 Å². The van der Waals surface area contributed by atoms with Crippen molar-refractivity contribution in [2.75, 3.05) is 12.4 Å². The summed E-state index contributed by atoms with van der Waals surface area (Å²) >= 11 is 1.50. The summed E-state index contributed by atoms with van der Waals surface area (Å²) in [6.07, 6.45) is 0.242. The van der Waals surface area contributed by atoms with E-state index in [0.717, 1.165) is 6.29 Å². The van der Waals surface area contributed by atoms with Gasteiger partial charge in [-0.05, 0) is 13.8 Å². The zero-order valence-corrected chi connectivity index (χ0v) is 10.4. The molecule has 0 saturated carbocycles. The Morgan fingerprint density at radius 3 is 2.88 bits per heavy atom. The second-order valence-corrected chi connectivity index (χ2v) is 5.16. The topological polar surface area (TPSA) is 61.8 Å². The Balaban J connectivity index is 2.26. The van der Waals surface area contributed by atoms with E-state index in [1.54, 1.807) is 13.8 Å². The maximum atomic E-state index is 10.7. The molecule has 0 N–H and O–H groups in total. The van der Waals surface area contributed by atoms with E-state index in [4.69, 9.17) is 14.2 Å². The Labute approximate surface area is 98.8 Å². The highest BCUT2D eigenvalue weighted by atomic mass is 32.2. The molecule has 0 amide bonds. The molecule has 1 fully saturated rings. The van der Waals surface area contributed by atoms with Gasteiger partial charge >= 0.3 is 5.97 Å². The van der Waals surface area contributed by atoms with E-state index < -0.39 is 11.9 Å². The van der Waals surface area contributed by atoms with Gasteiger partial charge in [-0.3, -0.25) is 4.79 Å². The van der Waals surface area contributed by atoms with Crippen LogP contribution in [0.2, 0.25) is 0 Å². The lowest BCUT2D eigenvalue weighted by atomic mass is 10.2. The second-order valence-electron chi connectivity index (χ2n) is 3.97. The normalized spacial score (nSPS) is 25.4. The molecule has 2 atom stereocenters. The molecule has 1 aliphatic heterocycles. The van der Waals surface area contributed by atoms with Crippen molar-refractivity contribution in [2.45, 2.75) is 38.1 Å². The van der Waals surface area contributed by atoms with Crippen LogP contribution in [-0.2, 0) is 23.8 Å². The third-order valence-electron chi connectivity index (χ3n) is 1.89. The Morgan fingerprint density at radius 1 is 1.62 bits per heavy atom. The van der Waals surface area contributed by atoms with E-state index in [-0.39, 0.29) is 11.4 Å². The van der Waals surface area contributed by atoms with Gasteiger partial charge in [0.2, 0.25) is 6.29 Å². The molecular formula is C10H16O5S. The summed E-state index contributed by atoms with van der Waals surface area (Å²) in [7, 11) is 0. The Bertz CT molecular complexity index is 266. The highest BCUT2D eigenvalue weighted by molar-refractivity contribution is 8.00. The fourth-order valence-corrected chi connectivity index (χ4v) is 1.97. The molecule has 2 unspecified atom stereocenters. The highest BCUT2D eigenvalue weighted by Gasteiger charge is 2.30. The summed E-state index contributed by atoms with van der Waals surface area (Å²) in [5.74, 6) is 0.232. The lowest BCUT2D eigenvalue weighted by Crippen LogP contribution is -2.30. The largest absolute Gasteiger partial charge is 0.435 e. The first-order valence-corrected chi connectivity index (χ1v) is 6.02. The van der Waals surface area contributed by atoms with Crippen LogP contribution < -0.4 is 0 Å². The van der Waals surface area contributed by atoms with Crippen LogP contribution in [0.5, 0.6) is 0 Å². The molecule has 0 spiro atoms. The average Bonchev–Trinajstić information content (AvgIpc) is 2.62. The summed E-state index contributed by atoms with van der Waals surface area (Å²) in [5, 5.41) is 0. The van der Waals surface area contributed by atoms with E-state index in [9.17, 15) is 9.59 Å². The van der Waals surface area contributed by atoms with Gasteiger partial charge in [0.15, 0.2) is 6.29 Å². The SMILES string of the molecule is CC(=O)OC1CSC(COC(C)(C)C=O)O1. The summed E-state index contributed by atoms with van der Waals surface area (Å²) in [6.45, 7) is 5.01. The van der Waals surface area contributed by atoms with E-state index in [1.165, 1.54) is 18.7 Å². The Kier molecular flexibility index (Phi) is 4.76. The lowest BCUT2D eigenvalue weighted by molar-refractivity contribution is -0.175. The Morgan fingerprint density at radius 2 is 2.31 bits per heavy atom. The van der Waals surface area contributed by atoms with E-state index in [0.29, 0.717) is 12.4 Å². The predicted octanol–water partition coefficient (Wildman–Crippen LogP) is 0.959. The molecule has 1 aliphatic rings. The van der Waals surface area contributed by atoms with Crippen molar-refractivity contribution in [3.8, 4) is 0 Å². The first-order chi connectivity index (χ1) is 7.43. The van der Waals surface area contributed by atoms with Gasteiger partial charge in [0.25, 0.3) is 0 Å². The van der Waals surface area contributed by atoms with Crippen molar-refractivity contribution in [1.82, 2.24) is 0 Å². The quantitative estimate of drug-likeness (QED) is 0.533. The van der Waals surface area contributed by atoms with Crippen LogP contribution in [0, 0.1) is 0 Å². The number of carbonyl (C=O) groups is 2. The lowest BCUT2D eigenvalue weighted by Gasteiger charge is -2.20. The van der Waals surface area contributed by atoms with Gasteiger partial charge in [0.05, 0.1) is 12.4 Å². The molecule has 1 saturated heterocycles. The number of thioether (sulfide) groups is 1. The second kappa shape index (κ2) is 5.65. The van der Waals surface area contributed by atoms with Crippen molar-refractivity contribution in [1.29, 1.82) is 0 Å². The van der Waals surface area contributed by atoms with Crippen molar-refractivity contribution in [3.05, 3.63) is 0 Å². The molecule has 0 aromatic rings. The van der Waals surface area contributed by atoms with Gasteiger partial charge in [0.1, 0.15) is 11.0 Å². The molecular weight excluding hydrogens is 232 g/mol. The monoisotopic (exact) mass is 248 g/mol. The number of esters is 1. The first kappa shape index (κ1) is 13.5. The fraction of sp³-hybridized carbons (Fsp3) is 0.800. The van der Waals surface area contributed by atoms with Crippen LogP contribution in [0.25, 0.3) is 0 Å². The molecule has 6 heteroatoms. The molecule has 5 nitrogen and oxygen atoms in total. The van der Waals surface area contributed by atoms with Crippen LogP contribution in [0.15, 0.2) is 0 Å². The molecule has 0 bridgehead atoms. The maximum Gasteiger partial charge on any atom is 0.304 e. The van der Waals surface area contributed by atoms with Crippen LogP contribution in [0.4, 0.5) is 0 Å². The van der Waals surface area contributed by atoms with Crippen LogP contribution in [0.3, 0.4) is 0 Å².